The number of benzene rings is 1. The molecule has 0 spiro atoms. The Hall–Kier alpha value is -2.85. The molecule has 10 heteroatoms. The second-order valence-corrected chi connectivity index (χ2v) is 8.24. The van der Waals surface area contributed by atoms with Crippen LogP contribution in [0.5, 0.6) is 5.88 Å². The van der Waals surface area contributed by atoms with Crippen molar-refractivity contribution in [2.45, 2.75) is 23.8 Å². The van der Waals surface area contributed by atoms with Gasteiger partial charge in [0, 0.05) is 31.5 Å². The molecule has 0 aliphatic carbocycles. The van der Waals surface area contributed by atoms with Gasteiger partial charge in [0.1, 0.15) is 16.8 Å². The number of sulfonamides is 1. The molecule has 3 aromatic rings. The van der Waals surface area contributed by atoms with Crippen LogP contribution in [0.3, 0.4) is 0 Å². The fourth-order valence-corrected chi connectivity index (χ4v) is 4.59. The Balaban J connectivity index is 1.37. The second kappa shape index (κ2) is 7.64. The van der Waals surface area contributed by atoms with E-state index in [0.717, 1.165) is 6.07 Å². The highest BCUT2D eigenvalue weighted by Gasteiger charge is 2.32. The summed E-state index contributed by atoms with van der Waals surface area (Å²) in [6.07, 6.45) is 4.19. The maximum atomic E-state index is 13.9. The zero-order chi connectivity index (χ0) is 19.6. The number of hydrogen-bond donors (Lipinski definition) is 0. The minimum atomic E-state index is -3.85. The van der Waals surface area contributed by atoms with Crippen molar-refractivity contribution in [1.82, 2.24) is 24.3 Å². The first kappa shape index (κ1) is 18.5. The van der Waals surface area contributed by atoms with Crippen molar-refractivity contribution in [2.24, 2.45) is 0 Å². The van der Waals surface area contributed by atoms with E-state index in [4.69, 9.17) is 4.74 Å². The molecule has 8 nitrogen and oxygen atoms in total. The van der Waals surface area contributed by atoms with Crippen LogP contribution in [0.2, 0.25) is 0 Å². The summed E-state index contributed by atoms with van der Waals surface area (Å²) in [5, 5.41) is 12.2. The summed E-state index contributed by atoms with van der Waals surface area (Å²) in [4.78, 5) is -0.297. The molecule has 0 saturated carbocycles. The lowest BCUT2D eigenvalue weighted by molar-refractivity contribution is 0.128. The van der Waals surface area contributed by atoms with Gasteiger partial charge in [-0.3, -0.25) is 0 Å². The summed E-state index contributed by atoms with van der Waals surface area (Å²) in [6, 6.07) is 10.6. The van der Waals surface area contributed by atoms with Crippen LogP contribution in [0.15, 0.2) is 59.8 Å². The monoisotopic (exact) mass is 403 g/mol. The van der Waals surface area contributed by atoms with Gasteiger partial charge in [0.05, 0.1) is 0 Å². The third-order valence-electron chi connectivity index (χ3n) is 4.51. The van der Waals surface area contributed by atoms with E-state index < -0.39 is 15.8 Å². The maximum absolute atomic E-state index is 13.9. The van der Waals surface area contributed by atoms with Crippen molar-refractivity contribution < 1.29 is 17.5 Å². The lowest BCUT2D eigenvalue weighted by Crippen LogP contribution is -2.42. The van der Waals surface area contributed by atoms with Crippen molar-refractivity contribution >= 4 is 10.0 Å². The third-order valence-corrected chi connectivity index (χ3v) is 6.44. The minimum absolute atomic E-state index is 0.183. The summed E-state index contributed by atoms with van der Waals surface area (Å²) in [5.74, 6) is 0.197. The molecular formula is C18H18FN5O3S. The van der Waals surface area contributed by atoms with E-state index in [1.54, 1.807) is 35.3 Å². The minimum Gasteiger partial charge on any atom is -0.473 e. The first-order valence-corrected chi connectivity index (χ1v) is 10.2. The molecule has 0 atom stereocenters. The molecule has 0 bridgehead atoms. The Bertz CT molecular complexity index is 1030. The normalized spacial score (nSPS) is 16.2. The van der Waals surface area contributed by atoms with Gasteiger partial charge < -0.3 is 4.74 Å². The largest absolute Gasteiger partial charge is 0.473 e. The van der Waals surface area contributed by atoms with Gasteiger partial charge in [-0.05, 0) is 37.1 Å². The molecule has 146 valence electrons. The lowest BCUT2D eigenvalue weighted by atomic mass is 10.1. The fraction of sp³-hybridized carbons (Fsp3) is 0.278. The lowest BCUT2D eigenvalue weighted by Gasteiger charge is -2.31. The first-order chi connectivity index (χ1) is 13.5. The Morgan fingerprint density at radius 3 is 2.46 bits per heavy atom. The zero-order valence-electron chi connectivity index (χ0n) is 14.8. The van der Waals surface area contributed by atoms with E-state index in [1.807, 2.05) is 0 Å². The number of aromatic nitrogens is 4. The Morgan fingerprint density at radius 2 is 1.82 bits per heavy atom. The van der Waals surface area contributed by atoms with Gasteiger partial charge in [-0.1, -0.05) is 12.1 Å². The fourth-order valence-electron chi connectivity index (χ4n) is 3.06. The van der Waals surface area contributed by atoms with Gasteiger partial charge in [0.25, 0.3) is 0 Å². The van der Waals surface area contributed by atoms with Crippen LogP contribution in [0.4, 0.5) is 4.39 Å². The summed E-state index contributed by atoms with van der Waals surface area (Å²) in [6.45, 7) is 0.500. The average Bonchev–Trinajstić information content (AvgIpc) is 3.24. The summed E-state index contributed by atoms with van der Waals surface area (Å²) >= 11 is 0. The summed E-state index contributed by atoms with van der Waals surface area (Å²) < 4.78 is 47.9. The SMILES string of the molecule is O=S(=O)(c1ccccc1F)N1CCC(Oc2ccc(-n3cccn3)nn2)CC1. The molecule has 0 radical (unpaired) electrons. The van der Waals surface area contributed by atoms with Gasteiger partial charge in [0.15, 0.2) is 5.82 Å². The predicted molar refractivity (Wildman–Crippen MR) is 98.0 cm³/mol. The van der Waals surface area contributed by atoms with Crippen LogP contribution in [0, 0.1) is 5.82 Å². The second-order valence-electron chi connectivity index (χ2n) is 6.33. The Labute approximate surface area is 161 Å². The van der Waals surface area contributed by atoms with Crippen LogP contribution in [0.25, 0.3) is 5.82 Å². The van der Waals surface area contributed by atoms with Crippen molar-refractivity contribution in [3.05, 3.63) is 60.7 Å². The average molecular weight is 403 g/mol. The smallest absolute Gasteiger partial charge is 0.245 e. The molecule has 0 unspecified atom stereocenters. The van der Waals surface area contributed by atoms with Crippen molar-refractivity contribution in [3.8, 4) is 11.7 Å². The van der Waals surface area contributed by atoms with E-state index in [0.29, 0.717) is 24.5 Å². The standard InChI is InChI=1S/C18H18FN5O3S/c19-15-4-1-2-5-16(15)28(25,26)23-12-8-14(9-13-23)27-18-7-6-17(21-22-18)24-11-3-10-20-24/h1-7,10-11,14H,8-9,12-13H2. The van der Waals surface area contributed by atoms with Crippen LogP contribution in [-0.2, 0) is 10.0 Å². The van der Waals surface area contributed by atoms with E-state index in [9.17, 15) is 12.8 Å². The van der Waals surface area contributed by atoms with E-state index >= 15 is 0 Å². The van der Waals surface area contributed by atoms with Crippen molar-refractivity contribution in [2.75, 3.05) is 13.1 Å². The van der Waals surface area contributed by atoms with E-state index in [2.05, 4.69) is 15.3 Å². The van der Waals surface area contributed by atoms with Crippen LogP contribution in [-0.4, -0.2) is 51.9 Å². The van der Waals surface area contributed by atoms with Gasteiger partial charge >= 0.3 is 0 Å². The molecule has 1 aliphatic heterocycles. The van der Waals surface area contributed by atoms with E-state index in [-0.39, 0.29) is 24.1 Å². The summed E-state index contributed by atoms with van der Waals surface area (Å²) in [5.41, 5.74) is 0. The van der Waals surface area contributed by atoms with Gasteiger partial charge in [-0.25, -0.2) is 17.5 Å². The van der Waals surface area contributed by atoms with Crippen LogP contribution < -0.4 is 4.74 Å². The number of ether oxygens (including phenoxy) is 1. The number of nitrogens with zero attached hydrogens (tertiary/aromatic N) is 5. The molecule has 3 heterocycles. The van der Waals surface area contributed by atoms with Gasteiger partial charge in [0.2, 0.25) is 15.9 Å². The maximum Gasteiger partial charge on any atom is 0.245 e. The number of halogens is 1. The van der Waals surface area contributed by atoms with Gasteiger partial charge in [-0.15, -0.1) is 10.2 Å². The van der Waals surface area contributed by atoms with Crippen LogP contribution >= 0.6 is 0 Å². The highest BCUT2D eigenvalue weighted by molar-refractivity contribution is 7.89. The zero-order valence-corrected chi connectivity index (χ0v) is 15.7. The first-order valence-electron chi connectivity index (χ1n) is 8.79. The number of rotatable bonds is 5. The van der Waals surface area contributed by atoms with Gasteiger partial charge in [-0.2, -0.15) is 9.40 Å². The molecule has 0 amide bonds. The quantitative estimate of drug-likeness (QED) is 0.648. The van der Waals surface area contributed by atoms with Crippen LogP contribution in [0.1, 0.15) is 12.8 Å². The molecule has 1 fully saturated rings. The molecule has 4 rings (SSSR count). The number of piperidine rings is 1. The molecule has 1 aliphatic rings. The summed E-state index contributed by atoms with van der Waals surface area (Å²) in [7, 11) is -3.85. The highest BCUT2D eigenvalue weighted by Crippen LogP contribution is 2.24. The molecule has 0 N–H and O–H groups in total. The van der Waals surface area contributed by atoms with Crippen molar-refractivity contribution in [3.63, 3.8) is 0 Å². The highest BCUT2D eigenvalue weighted by atomic mass is 32.2. The molecule has 28 heavy (non-hydrogen) atoms. The predicted octanol–water partition coefficient (Wildman–Crippen LogP) is 2.03. The van der Waals surface area contributed by atoms with Crippen molar-refractivity contribution in [1.29, 1.82) is 0 Å². The number of hydrogen-bond acceptors (Lipinski definition) is 6. The molecule has 1 saturated heterocycles. The topological polar surface area (TPSA) is 90.2 Å². The van der Waals surface area contributed by atoms with E-state index in [1.165, 1.54) is 22.5 Å². The Kier molecular flexibility index (Phi) is 5.05. The molecule has 1 aromatic carbocycles. The molecule has 2 aromatic heterocycles. The molecular weight excluding hydrogens is 385 g/mol. The Morgan fingerprint density at radius 1 is 1.04 bits per heavy atom. The third kappa shape index (κ3) is 3.73.